The van der Waals surface area contributed by atoms with Gasteiger partial charge in [0.1, 0.15) is 4.90 Å². The minimum atomic E-state index is -4.39. The predicted octanol–water partition coefficient (Wildman–Crippen LogP) is 6.71. The molecule has 2 saturated carbocycles. The highest BCUT2D eigenvalue weighted by atomic mass is 32.2. The molecule has 0 unspecified atom stereocenters. The summed E-state index contributed by atoms with van der Waals surface area (Å²) in [6, 6.07) is 8.70. The van der Waals surface area contributed by atoms with Crippen molar-refractivity contribution in [3.8, 4) is 22.6 Å². The van der Waals surface area contributed by atoms with E-state index in [0.29, 0.717) is 28.7 Å². The molecule has 5 nitrogen and oxygen atoms in total. The zero-order valence-corrected chi connectivity index (χ0v) is 19.9. The van der Waals surface area contributed by atoms with Gasteiger partial charge in [0.25, 0.3) is 10.1 Å². The first-order valence-corrected chi connectivity index (χ1v) is 13.2. The molecule has 4 rings (SSSR count). The number of benzene rings is 2. The first-order valence-electron chi connectivity index (χ1n) is 11.8. The Bertz CT molecular complexity index is 1050. The van der Waals surface area contributed by atoms with Gasteiger partial charge in [-0.15, -0.1) is 0 Å². The molecule has 0 heterocycles. The normalized spacial score (nSPS) is 18.5. The molecule has 0 amide bonds. The van der Waals surface area contributed by atoms with Crippen LogP contribution < -0.4 is 9.47 Å². The van der Waals surface area contributed by atoms with Crippen molar-refractivity contribution in [2.75, 3.05) is 14.2 Å². The highest BCUT2D eigenvalue weighted by molar-refractivity contribution is 7.86. The van der Waals surface area contributed by atoms with Crippen molar-refractivity contribution >= 4 is 10.1 Å². The van der Waals surface area contributed by atoms with Gasteiger partial charge >= 0.3 is 0 Å². The van der Waals surface area contributed by atoms with Crippen molar-refractivity contribution in [2.45, 2.75) is 80.9 Å². The largest absolute Gasteiger partial charge is 0.493 e. The molecular weight excluding hydrogens is 424 g/mol. The number of rotatable bonds is 6. The summed E-state index contributed by atoms with van der Waals surface area (Å²) in [4.78, 5) is -0.111. The first-order chi connectivity index (χ1) is 15.5. The van der Waals surface area contributed by atoms with Crippen LogP contribution in [0.1, 0.15) is 87.2 Å². The van der Waals surface area contributed by atoms with Crippen LogP contribution in [0.5, 0.6) is 11.5 Å². The summed E-state index contributed by atoms with van der Waals surface area (Å²) < 4.78 is 46.1. The van der Waals surface area contributed by atoms with Gasteiger partial charge in [-0.3, -0.25) is 4.55 Å². The van der Waals surface area contributed by atoms with Crippen LogP contribution in [0.15, 0.2) is 35.2 Å². The standard InChI is InChI=1S/C26H34O5S/c1-30-25-22(20-15-9-10-16-23(20)32(27,28)29)17-21(18-11-5-3-6-12-18)24(26(25)31-2)19-13-7-4-8-14-19/h9-10,15-19H,3-8,11-14H2,1-2H3,(H,27,28,29). The molecule has 2 aromatic rings. The Morgan fingerprint density at radius 3 is 1.91 bits per heavy atom. The Morgan fingerprint density at radius 1 is 0.781 bits per heavy atom. The average Bonchev–Trinajstić information content (AvgIpc) is 2.83. The minimum absolute atomic E-state index is 0.111. The maximum Gasteiger partial charge on any atom is 0.295 e. The molecule has 0 bridgehead atoms. The molecular formula is C26H34O5S. The summed E-state index contributed by atoms with van der Waals surface area (Å²) in [5.41, 5.74) is 3.63. The smallest absolute Gasteiger partial charge is 0.295 e. The van der Waals surface area contributed by atoms with Gasteiger partial charge in [-0.1, -0.05) is 56.7 Å². The van der Waals surface area contributed by atoms with Crippen LogP contribution in [-0.2, 0) is 10.1 Å². The summed E-state index contributed by atoms with van der Waals surface area (Å²) in [6.07, 6.45) is 11.9. The van der Waals surface area contributed by atoms with Gasteiger partial charge in [0, 0.05) is 16.7 Å². The van der Waals surface area contributed by atoms with Gasteiger partial charge in [0.15, 0.2) is 11.5 Å². The molecule has 1 N–H and O–H groups in total. The molecule has 174 valence electrons. The highest BCUT2D eigenvalue weighted by Crippen LogP contribution is 2.52. The Kier molecular flexibility index (Phi) is 7.11. The Hall–Kier alpha value is -2.05. The summed E-state index contributed by atoms with van der Waals surface area (Å²) >= 11 is 0. The van der Waals surface area contributed by atoms with E-state index >= 15 is 0 Å². The van der Waals surface area contributed by atoms with Crippen molar-refractivity contribution in [3.05, 3.63) is 41.5 Å². The lowest BCUT2D eigenvalue weighted by atomic mass is 9.74. The molecule has 2 aromatic carbocycles. The third-order valence-corrected chi connectivity index (χ3v) is 8.14. The minimum Gasteiger partial charge on any atom is -0.493 e. The van der Waals surface area contributed by atoms with Crippen molar-refractivity contribution in [1.29, 1.82) is 0 Å². The second kappa shape index (κ2) is 9.84. The van der Waals surface area contributed by atoms with E-state index in [1.165, 1.54) is 55.7 Å². The second-order valence-corrected chi connectivity index (χ2v) is 10.5. The third-order valence-electron chi connectivity index (χ3n) is 7.23. The van der Waals surface area contributed by atoms with Gasteiger partial charge < -0.3 is 9.47 Å². The number of hydrogen-bond donors (Lipinski definition) is 1. The van der Waals surface area contributed by atoms with Crippen LogP contribution >= 0.6 is 0 Å². The Morgan fingerprint density at radius 2 is 1.34 bits per heavy atom. The number of hydrogen-bond acceptors (Lipinski definition) is 4. The lowest BCUT2D eigenvalue weighted by molar-refractivity contribution is 0.340. The van der Waals surface area contributed by atoms with E-state index in [1.54, 1.807) is 32.4 Å². The Labute approximate surface area is 191 Å². The van der Waals surface area contributed by atoms with Crippen LogP contribution in [-0.4, -0.2) is 27.2 Å². The van der Waals surface area contributed by atoms with E-state index in [1.807, 2.05) is 0 Å². The first kappa shape index (κ1) is 23.1. The van der Waals surface area contributed by atoms with Crippen LogP contribution in [0, 0.1) is 0 Å². The van der Waals surface area contributed by atoms with Gasteiger partial charge in [0.05, 0.1) is 14.2 Å². The molecule has 2 fully saturated rings. The summed E-state index contributed by atoms with van der Waals surface area (Å²) in [5, 5.41) is 0. The fourth-order valence-electron chi connectivity index (χ4n) is 5.76. The van der Waals surface area contributed by atoms with Gasteiger partial charge in [-0.2, -0.15) is 8.42 Å². The molecule has 0 spiro atoms. The van der Waals surface area contributed by atoms with E-state index in [0.717, 1.165) is 31.4 Å². The topological polar surface area (TPSA) is 72.8 Å². The quantitative estimate of drug-likeness (QED) is 0.487. The maximum absolute atomic E-state index is 12.2. The SMILES string of the molecule is COc1c(-c2ccccc2S(=O)(=O)O)cc(C2CCCCC2)c(C2CCCCC2)c1OC. The van der Waals surface area contributed by atoms with Crippen molar-refractivity contribution in [2.24, 2.45) is 0 Å². The van der Waals surface area contributed by atoms with Crippen molar-refractivity contribution in [3.63, 3.8) is 0 Å². The molecule has 32 heavy (non-hydrogen) atoms. The monoisotopic (exact) mass is 458 g/mol. The molecule has 0 aliphatic heterocycles. The van der Waals surface area contributed by atoms with Crippen LogP contribution in [0.3, 0.4) is 0 Å². The summed E-state index contributed by atoms with van der Waals surface area (Å²) in [5.74, 6) is 2.12. The molecule has 0 saturated heterocycles. The van der Waals surface area contributed by atoms with Crippen LogP contribution in [0.25, 0.3) is 11.1 Å². The number of ether oxygens (including phenoxy) is 2. The van der Waals surface area contributed by atoms with Crippen LogP contribution in [0.2, 0.25) is 0 Å². The zero-order chi connectivity index (χ0) is 22.7. The van der Waals surface area contributed by atoms with Crippen LogP contribution in [0.4, 0.5) is 0 Å². The van der Waals surface area contributed by atoms with Crippen molar-refractivity contribution in [1.82, 2.24) is 0 Å². The molecule has 2 aliphatic rings. The molecule has 0 atom stereocenters. The van der Waals surface area contributed by atoms with E-state index in [4.69, 9.17) is 9.47 Å². The van der Waals surface area contributed by atoms with Gasteiger partial charge in [0.2, 0.25) is 0 Å². The fourth-order valence-corrected chi connectivity index (χ4v) is 6.46. The zero-order valence-electron chi connectivity index (χ0n) is 19.1. The molecule has 6 heteroatoms. The predicted molar refractivity (Wildman–Crippen MR) is 126 cm³/mol. The Balaban J connectivity index is 2.00. The highest BCUT2D eigenvalue weighted by Gasteiger charge is 2.32. The van der Waals surface area contributed by atoms with E-state index < -0.39 is 10.1 Å². The molecule has 2 aliphatic carbocycles. The third kappa shape index (κ3) is 4.53. The molecule has 0 aromatic heterocycles. The average molecular weight is 459 g/mol. The van der Waals surface area contributed by atoms with Gasteiger partial charge in [-0.05, 0) is 55.2 Å². The maximum atomic E-state index is 12.2. The van der Waals surface area contributed by atoms with E-state index in [9.17, 15) is 13.0 Å². The summed E-state index contributed by atoms with van der Waals surface area (Å²) in [7, 11) is -1.12. The van der Waals surface area contributed by atoms with E-state index in [2.05, 4.69) is 6.07 Å². The second-order valence-electron chi connectivity index (χ2n) is 9.13. The molecule has 0 radical (unpaired) electrons. The number of methoxy groups -OCH3 is 2. The van der Waals surface area contributed by atoms with Crippen molar-refractivity contribution < 1.29 is 22.4 Å². The lowest BCUT2D eigenvalue weighted by Gasteiger charge is -2.32. The summed E-state index contributed by atoms with van der Waals surface area (Å²) in [6.45, 7) is 0. The van der Waals surface area contributed by atoms with E-state index in [-0.39, 0.29) is 4.90 Å². The fraction of sp³-hybridized carbons (Fsp3) is 0.538. The van der Waals surface area contributed by atoms with Gasteiger partial charge in [-0.25, -0.2) is 0 Å². The lowest BCUT2D eigenvalue weighted by Crippen LogP contribution is -2.15.